The van der Waals surface area contributed by atoms with Gasteiger partial charge < -0.3 is 9.73 Å². The van der Waals surface area contributed by atoms with Crippen LogP contribution < -0.4 is 5.32 Å². The normalized spacial score (nSPS) is 12.1. The second-order valence-electron chi connectivity index (χ2n) is 7.32. The molecule has 2 heterocycles. The van der Waals surface area contributed by atoms with Crippen LogP contribution in [0.1, 0.15) is 30.9 Å². The maximum absolute atomic E-state index is 12.6. The first-order valence-corrected chi connectivity index (χ1v) is 11.8. The van der Waals surface area contributed by atoms with Crippen molar-refractivity contribution in [3.63, 3.8) is 0 Å². The minimum Gasteiger partial charge on any atom is -0.464 e. The first-order chi connectivity index (χ1) is 13.7. The topological polar surface area (TPSA) is 89.3 Å². The lowest BCUT2D eigenvalue weighted by Gasteiger charge is -2.05. The van der Waals surface area contributed by atoms with E-state index >= 15 is 0 Å². The summed E-state index contributed by atoms with van der Waals surface area (Å²) in [5, 5.41) is 4.18. The zero-order valence-electron chi connectivity index (χ0n) is 16.2. The van der Waals surface area contributed by atoms with Crippen molar-refractivity contribution in [2.24, 2.45) is 0 Å². The number of carbonyl (C=O) groups excluding carboxylic acids is 1. The number of nitrogens with zero attached hydrogens (tertiary/aromatic N) is 1. The summed E-state index contributed by atoms with van der Waals surface area (Å²) in [6, 6.07) is 10.8. The molecule has 0 unspecified atom stereocenters. The smallest absolute Gasteiger partial charge is 0.230 e. The maximum atomic E-state index is 12.6. The van der Waals surface area contributed by atoms with Crippen LogP contribution in [0, 0.1) is 0 Å². The van der Waals surface area contributed by atoms with E-state index in [1.165, 1.54) is 23.0 Å². The number of carbonyl (C=O) groups is 1. The van der Waals surface area contributed by atoms with E-state index in [1.54, 1.807) is 18.4 Å². The van der Waals surface area contributed by atoms with Gasteiger partial charge in [-0.25, -0.2) is 13.4 Å². The molecule has 8 heteroatoms. The summed E-state index contributed by atoms with van der Waals surface area (Å²) in [6.45, 7) is 4.24. The minimum absolute atomic E-state index is 0.166. The van der Waals surface area contributed by atoms with Crippen LogP contribution in [0.15, 0.2) is 52.0 Å². The lowest BCUT2D eigenvalue weighted by atomic mass is 10.00. The average molecular weight is 429 g/mol. The van der Waals surface area contributed by atoms with Crippen molar-refractivity contribution in [1.82, 2.24) is 4.98 Å². The molecule has 4 rings (SSSR count). The fourth-order valence-electron chi connectivity index (χ4n) is 3.12. The van der Waals surface area contributed by atoms with E-state index < -0.39 is 9.84 Å². The van der Waals surface area contributed by atoms with Gasteiger partial charge in [0.15, 0.2) is 15.0 Å². The Morgan fingerprint density at radius 3 is 2.72 bits per heavy atom. The molecule has 29 heavy (non-hydrogen) atoms. The third-order valence-electron chi connectivity index (χ3n) is 4.73. The molecule has 0 radical (unpaired) electrons. The Bertz CT molecular complexity index is 1330. The molecule has 0 bridgehead atoms. The second kappa shape index (κ2) is 7.27. The van der Waals surface area contributed by atoms with Crippen molar-refractivity contribution < 1.29 is 17.6 Å². The number of sulfone groups is 1. The van der Waals surface area contributed by atoms with Crippen LogP contribution >= 0.6 is 11.3 Å². The molecule has 6 nitrogen and oxygen atoms in total. The third kappa shape index (κ3) is 4.04. The SMILES string of the molecule is CC(C)c1ccc2occ(CC(=O)Nc3nc4ccc(S(C)(=O)=O)cc4s3)c2c1. The Hall–Kier alpha value is -2.71. The molecule has 2 aromatic carbocycles. The van der Waals surface area contributed by atoms with Crippen LogP contribution in [-0.2, 0) is 21.1 Å². The van der Waals surface area contributed by atoms with Crippen molar-refractivity contribution in [3.05, 3.63) is 53.8 Å². The van der Waals surface area contributed by atoms with Gasteiger partial charge in [-0.1, -0.05) is 31.3 Å². The number of anilines is 1. The lowest BCUT2D eigenvalue weighted by Crippen LogP contribution is -2.13. The molecule has 1 amide bonds. The van der Waals surface area contributed by atoms with Crippen molar-refractivity contribution in [2.45, 2.75) is 31.1 Å². The highest BCUT2D eigenvalue weighted by Crippen LogP contribution is 2.29. The maximum Gasteiger partial charge on any atom is 0.230 e. The molecule has 0 aliphatic heterocycles. The summed E-state index contributed by atoms with van der Waals surface area (Å²) >= 11 is 1.25. The second-order valence-corrected chi connectivity index (χ2v) is 10.4. The van der Waals surface area contributed by atoms with Crippen LogP contribution in [0.5, 0.6) is 0 Å². The highest BCUT2D eigenvalue weighted by atomic mass is 32.2. The molecule has 0 spiro atoms. The average Bonchev–Trinajstić information content (AvgIpc) is 3.23. The van der Waals surface area contributed by atoms with Crippen molar-refractivity contribution >= 4 is 53.4 Å². The molecule has 0 aliphatic carbocycles. The van der Waals surface area contributed by atoms with E-state index in [0.717, 1.165) is 22.8 Å². The highest BCUT2D eigenvalue weighted by molar-refractivity contribution is 7.90. The molecule has 0 aliphatic rings. The van der Waals surface area contributed by atoms with Crippen molar-refractivity contribution in [2.75, 3.05) is 11.6 Å². The Kier molecular flexibility index (Phi) is 4.92. The van der Waals surface area contributed by atoms with Gasteiger partial charge in [0.05, 0.1) is 27.8 Å². The Balaban J connectivity index is 1.55. The Morgan fingerprint density at radius 2 is 2.00 bits per heavy atom. The van der Waals surface area contributed by atoms with Gasteiger partial charge in [-0.15, -0.1) is 0 Å². The van der Waals surface area contributed by atoms with Crippen LogP contribution in [0.25, 0.3) is 21.2 Å². The first kappa shape index (κ1) is 19.6. The van der Waals surface area contributed by atoms with Gasteiger partial charge in [0, 0.05) is 17.2 Å². The molecule has 0 fully saturated rings. The number of hydrogen-bond acceptors (Lipinski definition) is 6. The van der Waals surface area contributed by atoms with Gasteiger partial charge in [0.1, 0.15) is 5.58 Å². The van der Waals surface area contributed by atoms with E-state index in [4.69, 9.17) is 4.42 Å². The molecule has 0 atom stereocenters. The molecular formula is C21H20N2O4S2. The number of aromatic nitrogens is 1. The van der Waals surface area contributed by atoms with E-state index in [0.29, 0.717) is 21.3 Å². The molecule has 4 aromatic rings. The number of rotatable bonds is 5. The summed E-state index contributed by atoms with van der Waals surface area (Å²) in [5.74, 6) is 0.181. The van der Waals surface area contributed by atoms with Crippen molar-refractivity contribution in [1.29, 1.82) is 0 Å². The van der Waals surface area contributed by atoms with Gasteiger partial charge in [-0.2, -0.15) is 0 Å². The molecule has 0 saturated heterocycles. The minimum atomic E-state index is -3.29. The highest BCUT2D eigenvalue weighted by Gasteiger charge is 2.15. The standard InChI is InChI=1S/C21H20N2O4S2/c1-12(2)13-4-7-18-16(8-13)14(11-27-18)9-20(24)23-21-22-17-6-5-15(29(3,25)26)10-19(17)28-21/h4-8,10-12H,9H2,1-3H3,(H,22,23,24). The number of furan rings is 1. The number of thiazole rings is 1. The summed E-state index contributed by atoms with van der Waals surface area (Å²) in [6.07, 6.45) is 2.95. The molecular weight excluding hydrogens is 408 g/mol. The van der Waals surface area contributed by atoms with Crippen LogP contribution in [0.4, 0.5) is 5.13 Å². The fraction of sp³-hybridized carbons (Fsp3) is 0.238. The predicted molar refractivity (Wildman–Crippen MR) is 115 cm³/mol. The Morgan fingerprint density at radius 1 is 1.21 bits per heavy atom. The van der Waals surface area contributed by atoms with Gasteiger partial charge >= 0.3 is 0 Å². The van der Waals surface area contributed by atoms with E-state index in [2.05, 4.69) is 30.2 Å². The summed E-state index contributed by atoms with van der Waals surface area (Å²) in [5.41, 5.74) is 3.41. The number of amides is 1. The monoisotopic (exact) mass is 428 g/mol. The molecule has 2 aromatic heterocycles. The van der Waals surface area contributed by atoms with Gasteiger partial charge in [0.25, 0.3) is 0 Å². The molecule has 1 N–H and O–H groups in total. The zero-order chi connectivity index (χ0) is 20.8. The first-order valence-electron chi connectivity index (χ1n) is 9.11. The Labute approximate surface area is 172 Å². The largest absolute Gasteiger partial charge is 0.464 e. The lowest BCUT2D eigenvalue weighted by molar-refractivity contribution is -0.115. The van der Waals surface area contributed by atoms with E-state index in [-0.39, 0.29) is 17.2 Å². The quantitative estimate of drug-likeness (QED) is 0.495. The fourth-order valence-corrected chi connectivity index (χ4v) is 4.76. The van der Waals surface area contributed by atoms with Crippen LogP contribution in [0.2, 0.25) is 0 Å². The number of fused-ring (bicyclic) bond motifs is 2. The summed E-state index contributed by atoms with van der Waals surface area (Å²) < 4.78 is 29.7. The number of hydrogen-bond donors (Lipinski definition) is 1. The number of benzene rings is 2. The van der Waals surface area contributed by atoms with E-state index in [9.17, 15) is 13.2 Å². The summed E-state index contributed by atoms with van der Waals surface area (Å²) in [4.78, 5) is 17.2. The number of nitrogens with one attached hydrogen (secondary N) is 1. The van der Waals surface area contributed by atoms with Gasteiger partial charge in [-0.3, -0.25) is 4.79 Å². The van der Waals surface area contributed by atoms with Crippen LogP contribution in [0.3, 0.4) is 0 Å². The van der Waals surface area contributed by atoms with E-state index in [1.807, 2.05) is 12.1 Å². The molecule has 150 valence electrons. The van der Waals surface area contributed by atoms with Crippen molar-refractivity contribution in [3.8, 4) is 0 Å². The predicted octanol–water partition coefficient (Wildman–Crippen LogP) is 4.75. The van der Waals surface area contributed by atoms with Gasteiger partial charge in [0.2, 0.25) is 5.91 Å². The van der Waals surface area contributed by atoms with Gasteiger partial charge in [-0.05, 0) is 41.8 Å². The summed E-state index contributed by atoms with van der Waals surface area (Å²) in [7, 11) is -3.29. The molecule has 0 saturated carbocycles. The third-order valence-corrected chi connectivity index (χ3v) is 6.77. The van der Waals surface area contributed by atoms with Crippen LogP contribution in [-0.4, -0.2) is 25.6 Å². The zero-order valence-corrected chi connectivity index (χ0v) is 17.9.